The molecule has 1 saturated heterocycles. The van der Waals surface area contributed by atoms with Gasteiger partial charge in [-0.1, -0.05) is 45.9 Å². The van der Waals surface area contributed by atoms with Crippen LogP contribution in [-0.2, 0) is 15.1 Å². The predicted molar refractivity (Wildman–Crippen MR) is 113 cm³/mol. The number of benzene rings is 2. The lowest BCUT2D eigenvalue weighted by atomic mass is 9.75. The van der Waals surface area contributed by atoms with Crippen LogP contribution in [-0.4, -0.2) is 35.8 Å². The molecule has 3 atom stereocenters. The predicted octanol–water partition coefficient (Wildman–Crippen LogP) is 3.92. The average molecular weight is 477 g/mol. The molecule has 29 heavy (non-hydrogen) atoms. The zero-order valence-corrected chi connectivity index (χ0v) is 17.7. The highest BCUT2D eigenvalue weighted by Crippen LogP contribution is 2.47. The lowest BCUT2D eigenvalue weighted by Crippen LogP contribution is -2.51. The van der Waals surface area contributed by atoms with E-state index in [0.717, 1.165) is 10.8 Å². The first kappa shape index (κ1) is 20.3. The highest BCUT2D eigenvalue weighted by atomic mass is 79.9. The molecule has 2 heterocycles. The third-order valence-corrected chi connectivity index (χ3v) is 6.76. The second-order valence-corrected chi connectivity index (χ2v) is 8.94. The molecule has 2 aromatic carbocycles. The standard InChI is InChI=1S/C21H18BrFN2O3S/c22-15-6-7-18(23)17(9-15)21-12-28-16(10-26)8-14(21)11-29-20(25-21)24-19(27)13-4-2-1-3-5-13/h1-7,9-10,14,16H,8,11-12H2,(H,24,25,27)/t14-,16+,21-/m0/s1. The SMILES string of the molecule is O=C[C@H]1C[C@H]2CSC(NC(=O)c3ccccc3)=N[C@@]2(c2cc(Br)ccc2F)CO1. The number of nitrogens with zero attached hydrogens (tertiary/aromatic N) is 1. The number of aliphatic imine (C=N–C) groups is 1. The van der Waals surface area contributed by atoms with Gasteiger partial charge in [0.2, 0.25) is 0 Å². The summed E-state index contributed by atoms with van der Waals surface area (Å²) in [6.07, 6.45) is 0.702. The summed E-state index contributed by atoms with van der Waals surface area (Å²) in [6, 6.07) is 13.5. The van der Waals surface area contributed by atoms with Gasteiger partial charge in [-0.05, 0) is 36.8 Å². The Hall–Kier alpha value is -2.03. The van der Waals surface area contributed by atoms with Crippen LogP contribution in [0.5, 0.6) is 0 Å². The summed E-state index contributed by atoms with van der Waals surface area (Å²) >= 11 is 4.80. The van der Waals surface area contributed by atoms with Crippen molar-refractivity contribution < 1.29 is 18.7 Å². The lowest BCUT2D eigenvalue weighted by molar-refractivity contribution is -0.127. The van der Waals surface area contributed by atoms with E-state index in [4.69, 9.17) is 9.73 Å². The van der Waals surface area contributed by atoms with Crippen molar-refractivity contribution in [3.63, 3.8) is 0 Å². The van der Waals surface area contributed by atoms with E-state index < -0.39 is 17.5 Å². The van der Waals surface area contributed by atoms with E-state index in [2.05, 4.69) is 21.2 Å². The molecule has 0 radical (unpaired) electrons. The van der Waals surface area contributed by atoms with Crippen molar-refractivity contribution in [2.75, 3.05) is 12.4 Å². The largest absolute Gasteiger partial charge is 0.368 e. The molecule has 5 nitrogen and oxygen atoms in total. The van der Waals surface area contributed by atoms with Gasteiger partial charge in [-0.3, -0.25) is 4.79 Å². The van der Waals surface area contributed by atoms with Gasteiger partial charge in [-0.2, -0.15) is 0 Å². The number of carbonyl (C=O) groups is 2. The molecular formula is C21H18BrFN2O3S. The Bertz CT molecular complexity index is 972. The van der Waals surface area contributed by atoms with Crippen LogP contribution in [0, 0.1) is 11.7 Å². The second-order valence-electron chi connectivity index (χ2n) is 7.01. The van der Waals surface area contributed by atoms with Crippen LogP contribution < -0.4 is 5.32 Å². The molecule has 1 amide bonds. The van der Waals surface area contributed by atoms with Crippen molar-refractivity contribution in [3.05, 3.63) is 69.9 Å². The molecule has 4 rings (SSSR count). The van der Waals surface area contributed by atoms with Crippen LogP contribution in [0.3, 0.4) is 0 Å². The van der Waals surface area contributed by atoms with Crippen molar-refractivity contribution in [1.29, 1.82) is 0 Å². The third-order valence-electron chi connectivity index (χ3n) is 5.23. The first-order valence-corrected chi connectivity index (χ1v) is 10.9. The molecule has 0 spiro atoms. The van der Waals surface area contributed by atoms with Gasteiger partial charge in [0.25, 0.3) is 5.91 Å². The Balaban J connectivity index is 1.72. The van der Waals surface area contributed by atoms with Crippen molar-refractivity contribution in [2.24, 2.45) is 10.9 Å². The molecule has 8 heteroatoms. The molecule has 0 bridgehead atoms. The van der Waals surface area contributed by atoms with Gasteiger partial charge in [0.15, 0.2) is 5.17 Å². The summed E-state index contributed by atoms with van der Waals surface area (Å²) in [5.74, 6) is -0.177. The number of aldehydes is 1. The number of ether oxygens (including phenoxy) is 1. The smallest absolute Gasteiger partial charge is 0.257 e. The molecular weight excluding hydrogens is 459 g/mol. The number of fused-ring (bicyclic) bond motifs is 1. The van der Waals surface area contributed by atoms with Crippen molar-refractivity contribution in [2.45, 2.75) is 18.1 Å². The third kappa shape index (κ3) is 4.01. The molecule has 2 aromatic rings. The molecule has 1 fully saturated rings. The number of hydrogen-bond acceptors (Lipinski definition) is 5. The van der Waals surface area contributed by atoms with Crippen LogP contribution in [0.2, 0.25) is 0 Å². The fourth-order valence-corrected chi connectivity index (χ4v) is 5.25. The van der Waals surface area contributed by atoms with Crippen LogP contribution in [0.4, 0.5) is 4.39 Å². The summed E-state index contributed by atoms with van der Waals surface area (Å²) in [4.78, 5) is 28.6. The maximum Gasteiger partial charge on any atom is 0.257 e. The number of rotatable bonds is 3. The molecule has 1 N–H and O–H groups in total. The Morgan fingerprint density at radius 1 is 1.31 bits per heavy atom. The summed E-state index contributed by atoms with van der Waals surface area (Å²) in [5.41, 5.74) is -0.0905. The van der Waals surface area contributed by atoms with E-state index in [1.807, 2.05) is 6.07 Å². The van der Waals surface area contributed by atoms with Crippen LogP contribution in [0.25, 0.3) is 0 Å². The van der Waals surface area contributed by atoms with E-state index in [9.17, 15) is 14.0 Å². The van der Waals surface area contributed by atoms with Crippen molar-refractivity contribution in [3.8, 4) is 0 Å². The van der Waals surface area contributed by atoms with E-state index in [-0.39, 0.29) is 18.4 Å². The fourth-order valence-electron chi connectivity index (χ4n) is 3.72. The Morgan fingerprint density at radius 3 is 2.86 bits per heavy atom. The van der Waals surface area contributed by atoms with E-state index in [1.165, 1.54) is 17.8 Å². The minimum absolute atomic E-state index is 0.0692. The fraction of sp³-hybridized carbons (Fsp3) is 0.286. The molecule has 0 unspecified atom stereocenters. The van der Waals surface area contributed by atoms with Crippen LogP contribution >= 0.6 is 27.7 Å². The van der Waals surface area contributed by atoms with E-state index >= 15 is 0 Å². The molecule has 2 aliphatic heterocycles. The number of amides is 1. The van der Waals surface area contributed by atoms with Crippen molar-refractivity contribution in [1.82, 2.24) is 5.32 Å². The quantitative estimate of drug-likeness (QED) is 0.681. The topological polar surface area (TPSA) is 67.8 Å². The summed E-state index contributed by atoms with van der Waals surface area (Å²) in [5, 5.41) is 3.26. The molecule has 150 valence electrons. The zero-order chi connectivity index (χ0) is 20.4. The first-order chi connectivity index (χ1) is 14.0. The van der Waals surface area contributed by atoms with Crippen LogP contribution in [0.15, 0.2) is 58.0 Å². The minimum atomic E-state index is -1.00. The number of hydrogen-bond donors (Lipinski definition) is 1. The van der Waals surface area contributed by atoms with Crippen molar-refractivity contribution >= 4 is 45.1 Å². The molecule has 0 aromatic heterocycles. The molecule has 2 aliphatic rings. The normalized spacial score (nSPS) is 26.2. The molecule has 0 saturated carbocycles. The summed E-state index contributed by atoms with van der Waals surface area (Å²) in [7, 11) is 0. The van der Waals surface area contributed by atoms with Gasteiger partial charge >= 0.3 is 0 Å². The van der Waals surface area contributed by atoms with Gasteiger partial charge in [-0.15, -0.1) is 0 Å². The Kier molecular flexibility index (Phi) is 5.85. The number of halogens is 2. The number of amidine groups is 1. The summed E-state index contributed by atoms with van der Waals surface area (Å²) in [6.45, 7) is 0.0692. The maximum absolute atomic E-state index is 14.8. The zero-order valence-electron chi connectivity index (χ0n) is 15.3. The van der Waals surface area contributed by atoms with Crippen LogP contribution in [0.1, 0.15) is 22.3 Å². The lowest BCUT2D eigenvalue weighted by Gasteiger charge is -2.45. The van der Waals surface area contributed by atoms with E-state index in [0.29, 0.717) is 28.5 Å². The first-order valence-electron chi connectivity index (χ1n) is 9.13. The van der Waals surface area contributed by atoms with Gasteiger partial charge in [-0.25, -0.2) is 9.38 Å². The summed E-state index contributed by atoms with van der Waals surface area (Å²) < 4.78 is 21.3. The van der Waals surface area contributed by atoms with Gasteiger partial charge in [0, 0.05) is 27.3 Å². The Morgan fingerprint density at radius 2 is 2.10 bits per heavy atom. The van der Waals surface area contributed by atoms with E-state index in [1.54, 1.807) is 36.4 Å². The number of carbonyl (C=O) groups excluding carboxylic acids is 2. The van der Waals surface area contributed by atoms with Gasteiger partial charge < -0.3 is 14.8 Å². The maximum atomic E-state index is 14.8. The molecule has 0 aliphatic carbocycles. The highest BCUT2D eigenvalue weighted by molar-refractivity contribution is 9.10. The Labute approximate surface area is 180 Å². The van der Waals surface area contributed by atoms with Gasteiger partial charge in [0.1, 0.15) is 23.7 Å². The second kappa shape index (κ2) is 8.38. The highest BCUT2D eigenvalue weighted by Gasteiger charge is 2.49. The average Bonchev–Trinajstić information content (AvgIpc) is 2.75. The number of nitrogens with one attached hydrogen (secondary N) is 1. The minimum Gasteiger partial charge on any atom is -0.368 e. The van der Waals surface area contributed by atoms with Gasteiger partial charge in [0.05, 0.1) is 6.61 Å². The monoisotopic (exact) mass is 476 g/mol. The number of thioether (sulfide) groups is 1.